The van der Waals surface area contributed by atoms with Crippen LogP contribution in [-0.4, -0.2) is 37.2 Å². The van der Waals surface area contributed by atoms with Gasteiger partial charge in [-0.25, -0.2) is 0 Å². The Morgan fingerprint density at radius 3 is 0.782 bits per heavy atom. The van der Waals surface area contributed by atoms with Gasteiger partial charge in [0.2, 0.25) is 0 Å². The van der Waals surface area contributed by atoms with Crippen molar-refractivity contribution < 1.29 is 28.6 Å². The molecule has 0 aliphatic heterocycles. The lowest BCUT2D eigenvalue weighted by molar-refractivity contribution is -0.167. The molecule has 0 radical (unpaired) electrons. The molecule has 1 unspecified atom stereocenters. The van der Waals surface area contributed by atoms with Gasteiger partial charge in [-0.3, -0.25) is 14.4 Å². The van der Waals surface area contributed by atoms with E-state index in [1.54, 1.807) is 0 Å². The Bertz CT molecular complexity index is 1530. The van der Waals surface area contributed by atoms with Crippen LogP contribution < -0.4 is 0 Å². The van der Waals surface area contributed by atoms with Gasteiger partial charge in [-0.05, 0) is 83.5 Å². The van der Waals surface area contributed by atoms with Crippen molar-refractivity contribution in [1.29, 1.82) is 0 Å². The van der Waals surface area contributed by atoms with Crippen molar-refractivity contribution in [3.63, 3.8) is 0 Å². The highest BCUT2D eigenvalue weighted by Gasteiger charge is 2.19. The average Bonchev–Trinajstić information content (AvgIpc) is 3.44. The zero-order valence-corrected chi connectivity index (χ0v) is 51.4. The van der Waals surface area contributed by atoms with E-state index in [0.717, 1.165) is 122 Å². The smallest absolute Gasteiger partial charge is 0.306 e. The van der Waals surface area contributed by atoms with Crippen molar-refractivity contribution >= 4 is 17.9 Å². The molecule has 0 aliphatic rings. The predicted octanol–water partition coefficient (Wildman–Crippen LogP) is 22.8. The average molecular weight is 1090 g/mol. The van der Waals surface area contributed by atoms with E-state index in [1.807, 2.05) is 0 Å². The molecule has 6 heteroatoms. The summed E-state index contributed by atoms with van der Waals surface area (Å²) in [6.07, 6.45) is 88.9. The maximum atomic E-state index is 12.9. The van der Waals surface area contributed by atoms with Gasteiger partial charge in [-0.1, -0.05) is 317 Å². The zero-order valence-electron chi connectivity index (χ0n) is 51.4. The van der Waals surface area contributed by atoms with E-state index in [-0.39, 0.29) is 31.1 Å². The molecule has 0 aromatic rings. The van der Waals surface area contributed by atoms with Crippen LogP contribution in [0.25, 0.3) is 0 Å². The summed E-state index contributed by atoms with van der Waals surface area (Å²) in [5.41, 5.74) is 0. The minimum absolute atomic E-state index is 0.0834. The number of unbranched alkanes of at least 4 members (excludes halogenated alkanes) is 33. The third kappa shape index (κ3) is 63.2. The molecular formula is C72H124O6. The number of ether oxygens (including phenoxy) is 3. The lowest BCUT2D eigenvalue weighted by Gasteiger charge is -2.18. The predicted molar refractivity (Wildman–Crippen MR) is 339 cm³/mol. The third-order valence-corrected chi connectivity index (χ3v) is 14.4. The number of hydrogen-bond acceptors (Lipinski definition) is 6. The fraction of sp³-hybridized carbons (Fsp3) is 0.736. The molecule has 0 spiro atoms. The summed E-state index contributed by atoms with van der Waals surface area (Å²) in [6.45, 7) is 6.48. The number of carbonyl (C=O) groups is 3. The maximum absolute atomic E-state index is 12.9. The van der Waals surface area contributed by atoms with E-state index >= 15 is 0 Å². The number of esters is 3. The molecule has 0 saturated heterocycles. The highest BCUT2D eigenvalue weighted by molar-refractivity contribution is 5.71. The summed E-state index contributed by atoms with van der Waals surface area (Å²) in [5, 5.41) is 0. The molecule has 0 N–H and O–H groups in total. The van der Waals surface area contributed by atoms with Crippen molar-refractivity contribution in [3.8, 4) is 0 Å². The van der Waals surface area contributed by atoms with Gasteiger partial charge in [0.05, 0.1) is 0 Å². The van der Waals surface area contributed by atoms with E-state index in [1.165, 1.54) is 161 Å². The first-order chi connectivity index (χ1) is 38.5. The number of allylic oxidation sites excluding steroid dienone is 16. The lowest BCUT2D eigenvalue weighted by Crippen LogP contribution is -2.30. The van der Waals surface area contributed by atoms with E-state index in [2.05, 4.69) is 118 Å². The maximum Gasteiger partial charge on any atom is 0.306 e. The van der Waals surface area contributed by atoms with E-state index in [0.29, 0.717) is 19.3 Å². The standard InChI is InChI=1S/C72H124O6/c1-4-7-10-13-16-18-20-22-24-26-28-30-32-34-35-36-37-39-40-42-44-46-48-50-52-54-56-59-62-65-71(74)77-68-69(67-76-70(73)64-61-58-15-12-9-6-3)78-72(75)66-63-60-57-55-53-51-49-47-45-43-41-38-33-31-29-27-25-23-21-19-17-14-11-8-5-2/h7,10,16,18,22,24,28,30,34-35,37,39,42,44,48,50,69H,4-6,8-9,11-15,17,19-21,23,25-27,29,31-33,36,38,40-41,43,45-47,49,51-68H2,1-3H3/b10-7-,18-16-,24-22-,30-28-,35-34-,39-37-,44-42-,50-48-. The fourth-order valence-electron chi connectivity index (χ4n) is 9.40. The highest BCUT2D eigenvalue weighted by Crippen LogP contribution is 2.17. The van der Waals surface area contributed by atoms with Crippen LogP contribution in [0, 0.1) is 0 Å². The molecule has 0 aromatic heterocycles. The van der Waals surface area contributed by atoms with Crippen LogP contribution in [-0.2, 0) is 28.6 Å². The topological polar surface area (TPSA) is 78.9 Å². The van der Waals surface area contributed by atoms with Gasteiger partial charge < -0.3 is 14.2 Å². The minimum atomic E-state index is -0.785. The molecule has 0 bridgehead atoms. The number of hydrogen-bond donors (Lipinski definition) is 0. The number of carbonyl (C=O) groups excluding carboxylic acids is 3. The first kappa shape index (κ1) is 74.3. The highest BCUT2D eigenvalue weighted by atomic mass is 16.6. The third-order valence-electron chi connectivity index (χ3n) is 14.4. The molecule has 1 atom stereocenters. The minimum Gasteiger partial charge on any atom is -0.462 e. The molecule has 0 aliphatic carbocycles. The van der Waals surface area contributed by atoms with Crippen LogP contribution in [0.15, 0.2) is 97.2 Å². The van der Waals surface area contributed by atoms with Crippen LogP contribution in [0.2, 0.25) is 0 Å². The summed E-state index contributed by atoms with van der Waals surface area (Å²) < 4.78 is 16.8. The van der Waals surface area contributed by atoms with Gasteiger partial charge >= 0.3 is 17.9 Å². The largest absolute Gasteiger partial charge is 0.462 e. The van der Waals surface area contributed by atoms with Gasteiger partial charge in [0.15, 0.2) is 6.10 Å². The van der Waals surface area contributed by atoms with Crippen LogP contribution in [0.1, 0.15) is 323 Å². The monoisotopic (exact) mass is 1080 g/mol. The molecule has 6 nitrogen and oxygen atoms in total. The second kappa shape index (κ2) is 65.8. The summed E-state index contributed by atoms with van der Waals surface area (Å²) >= 11 is 0. The second-order valence-electron chi connectivity index (χ2n) is 22.0. The Kier molecular flexibility index (Phi) is 62.7. The van der Waals surface area contributed by atoms with Gasteiger partial charge in [-0.2, -0.15) is 0 Å². The van der Waals surface area contributed by atoms with Gasteiger partial charge in [0.25, 0.3) is 0 Å². The molecule has 0 heterocycles. The van der Waals surface area contributed by atoms with Crippen LogP contribution in [0.5, 0.6) is 0 Å². The Hall–Kier alpha value is -3.67. The Balaban J connectivity index is 4.13. The second-order valence-corrected chi connectivity index (χ2v) is 22.0. The summed E-state index contributed by atoms with van der Waals surface area (Å²) in [4.78, 5) is 38.0. The van der Waals surface area contributed by atoms with Crippen LogP contribution >= 0.6 is 0 Å². The van der Waals surface area contributed by atoms with Crippen LogP contribution in [0.4, 0.5) is 0 Å². The Labute approximate surface area is 483 Å². The zero-order chi connectivity index (χ0) is 56.4. The molecule has 448 valence electrons. The van der Waals surface area contributed by atoms with Gasteiger partial charge in [0, 0.05) is 19.3 Å². The van der Waals surface area contributed by atoms with Crippen molar-refractivity contribution in [3.05, 3.63) is 97.2 Å². The van der Waals surface area contributed by atoms with E-state index < -0.39 is 6.10 Å². The molecule has 0 fully saturated rings. The summed E-state index contributed by atoms with van der Waals surface area (Å²) in [5.74, 6) is -0.908. The van der Waals surface area contributed by atoms with Crippen molar-refractivity contribution in [1.82, 2.24) is 0 Å². The molecule has 0 rings (SSSR count). The van der Waals surface area contributed by atoms with E-state index in [9.17, 15) is 14.4 Å². The summed E-state index contributed by atoms with van der Waals surface area (Å²) in [6, 6.07) is 0. The molecular weight excluding hydrogens is 961 g/mol. The Morgan fingerprint density at radius 2 is 0.500 bits per heavy atom. The normalized spacial score (nSPS) is 12.7. The lowest BCUT2D eigenvalue weighted by atomic mass is 10.0. The van der Waals surface area contributed by atoms with Crippen LogP contribution in [0.3, 0.4) is 0 Å². The van der Waals surface area contributed by atoms with E-state index in [4.69, 9.17) is 14.2 Å². The fourth-order valence-corrected chi connectivity index (χ4v) is 9.40. The van der Waals surface area contributed by atoms with Gasteiger partial charge in [0.1, 0.15) is 13.2 Å². The molecule has 78 heavy (non-hydrogen) atoms. The van der Waals surface area contributed by atoms with Crippen molar-refractivity contribution in [2.45, 2.75) is 329 Å². The first-order valence-electron chi connectivity index (χ1n) is 33.2. The molecule has 0 saturated carbocycles. The van der Waals surface area contributed by atoms with Gasteiger partial charge in [-0.15, -0.1) is 0 Å². The summed E-state index contributed by atoms with van der Waals surface area (Å²) in [7, 11) is 0. The molecule has 0 aromatic carbocycles. The van der Waals surface area contributed by atoms with Crippen molar-refractivity contribution in [2.24, 2.45) is 0 Å². The first-order valence-corrected chi connectivity index (χ1v) is 33.2. The quantitative estimate of drug-likeness (QED) is 0.0261. The number of rotatable bonds is 60. The molecule has 0 amide bonds. The Morgan fingerprint density at radius 1 is 0.269 bits per heavy atom. The SMILES string of the molecule is CC/C=C\C/C=C\C/C=C\C/C=C\C/C=C\C/C=C\C/C=C\C/C=C\CCCCCCC(=O)OCC(COC(=O)CCCCCCCC)OC(=O)CCCCCCCCCCCCCCCCCCCCCCCCCCC. The van der Waals surface area contributed by atoms with Crippen molar-refractivity contribution in [2.75, 3.05) is 13.2 Å².